The van der Waals surface area contributed by atoms with E-state index in [1.54, 1.807) is 0 Å². The molecular formula is C19H25BN2O2. The minimum Gasteiger partial charge on any atom is -0.400 e. The van der Waals surface area contributed by atoms with Crippen molar-refractivity contribution >= 4 is 24.1 Å². The van der Waals surface area contributed by atoms with E-state index in [4.69, 9.17) is 15.0 Å². The van der Waals surface area contributed by atoms with Gasteiger partial charge in [0.25, 0.3) is 0 Å². The summed E-state index contributed by atoms with van der Waals surface area (Å²) in [4.78, 5) is 4.50. The van der Waals surface area contributed by atoms with Gasteiger partial charge in [-0.25, -0.2) is 0 Å². The fraction of sp³-hybridized carbons (Fsp3) is 0.421. The second kappa shape index (κ2) is 5.99. The third-order valence-corrected chi connectivity index (χ3v) is 5.20. The standard InChI is InChI=1S/C19H25BN2O2/c1-13-15(9-8-14-7-6-10-22-17(13)14)11-16(12-21)20-23-18(2,3)19(4,5)24-20/h6-11H,12,21H2,1-5H3. The van der Waals surface area contributed by atoms with Gasteiger partial charge in [-0.3, -0.25) is 4.98 Å². The minimum absolute atomic E-state index is 0.369. The van der Waals surface area contributed by atoms with E-state index in [1.807, 2.05) is 40.0 Å². The summed E-state index contributed by atoms with van der Waals surface area (Å²) in [7, 11) is -0.418. The molecule has 0 aliphatic carbocycles. The molecule has 0 saturated carbocycles. The van der Waals surface area contributed by atoms with Gasteiger partial charge in [0, 0.05) is 18.1 Å². The Bertz CT molecular complexity index is 783. The number of rotatable bonds is 3. The summed E-state index contributed by atoms with van der Waals surface area (Å²) in [5, 5.41) is 1.14. The highest BCUT2D eigenvalue weighted by Crippen LogP contribution is 2.38. The van der Waals surface area contributed by atoms with Crippen LogP contribution in [0.15, 0.2) is 35.9 Å². The number of nitrogens with zero attached hydrogens (tertiary/aromatic N) is 1. The zero-order valence-corrected chi connectivity index (χ0v) is 15.1. The molecule has 1 aliphatic rings. The van der Waals surface area contributed by atoms with Gasteiger partial charge < -0.3 is 15.0 Å². The Morgan fingerprint density at radius 3 is 2.46 bits per heavy atom. The van der Waals surface area contributed by atoms with Crippen molar-refractivity contribution in [1.29, 1.82) is 0 Å². The number of nitrogens with two attached hydrogens (primary N) is 1. The van der Waals surface area contributed by atoms with Crippen molar-refractivity contribution < 1.29 is 9.31 Å². The Morgan fingerprint density at radius 2 is 1.83 bits per heavy atom. The van der Waals surface area contributed by atoms with Crippen molar-refractivity contribution in [2.75, 3.05) is 6.54 Å². The highest BCUT2D eigenvalue weighted by molar-refractivity contribution is 6.55. The van der Waals surface area contributed by atoms with Crippen LogP contribution < -0.4 is 5.73 Å². The molecule has 2 heterocycles. The number of fused-ring (bicyclic) bond motifs is 1. The summed E-state index contributed by atoms with van der Waals surface area (Å²) in [5.41, 5.74) is 9.43. The van der Waals surface area contributed by atoms with Gasteiger partial charge in [0.05, 0.1) is 16.7 Å². The first-order valence-electron chi connectivity index (χ1n) is 8.36. The highest BCUT2D eigenvalue weighted by atomic mass is 16.7. The highest BCUT2D eigenvalue weighted by Gasteiger charge is 2.52. The zero-order valence-electron chi connectivity index (χ0n) is 15.1. The molecule has 1 saturated heterocycles. The molecule has 2 N–H and O–H groups in total. The van der Waals surface area contributed by atoms with Crippen LogP contribution >= 0.6 is 0 Å². The van der Waals surface area contributed by atoms with Gasteiger partial charge in [0.15, 0.2) is 0 Å². The van der Waals surface area contributed by atoms with Crippen LogP contribution in [-0.4, -0.2) is 29.8 Å². The first-order valence-corrected chi connectivity index (χ1v) is 8.36. The lowest BCUT2D eigenvalue weighted by Crippen LogP contribution is -2.41. The lowest BCUT2D eigenvalue weighted by atomic mass is 9.76. The second-order valence-electron chi connectivity index (χ2n) is 7.37. The molecule has 1 aliphatic heterocycles. The smallest absolute Gasteiger partial charge is 0.400 e. The molecule has 2 aromatic rings. The molecular weight excluding hydrogens is 299 g/mol. The molecule has 3 rings (SSSR count). The molecule has 0 spiro atoms. The van der Waals surface area contributed by atoms with Gasteiger partial charge in [-0.15, -0.1) is 0 Å². The monoisotopic (exact) mass is 324 g/mol. The molecule has 1 aromatic carbocycles. The Labute approximate surface area is 144 Å². The van der Waals surface area contributed by atoms with Crippen LogP contribution in [0.3, 0.4) is 0 Å². The molecule has 126 valence electrons. The molecule has 1 aromatic heterocycles. The van der Waals surface area contributed by atoms with Gasteiger partial charge in [0.2, 0.25) is 0 Å². The summed E-state index contributed by atoms with van der Waals surface area (Å²) < 4.78 is 12.3. The van der Waals surface area contributed by atoms with E-state index in [0.29, 0.717) is 6.54 Å². The zero-order chi connectivity index (χ0) is 17.5. The Balaban J connectivity index is 1.99. The third kappa shape index (κ3) is 2.88. The van der Waals surface area contributed by atoms with E-state index in [0.717, 1.165) is 27.5 Å². The van der Waals surface area contributed by atoms with E-state index >= 15 is 0 Å². The van der Waals surface area contributed by atoms with Crippen molar-refractivity contribution in [1.82, 2.24) is 4.98 Å². The van der Waals surface area contributed by atoms with Gasteiger partial charge in [-0.05, 0) is 57.3 Å². The molecule has 0 radical (unpaired) electrons. The quantitative estimate of drug-likeness (QED) is 0.878. The predicted octanol–water partition coefficient (Wildman–Crippen LogP) is 3.52. The third-order valence-electron chi connectivity index (χ3n) is 5.20. The van der Waals surface area contributed by atoms with Crippen LogP contribution in [0.2, 0.25) is 0 Å². The van der Waals surface area contributed by atoms with Gasteiger partial charge in [0.1, 0.15) is 0 Å². The predicted molar refractivity (Wildman–Crippen MR) is 99.6 cm³/mol. The molecule has 24 heavy (non-hydrogen) atoms. The lowest BCUT2D eigenvalue weighted by Gasteiger charge is -2.32. The average molecular weight is 324 g/mol. The maximum absolute atomic E-state index is 6.13. The van der Waals surface area contributed by atoms with E-state index in [2.05, 4.69) is 36.2 Å². The van der Waals surface area contributed by atoms with Crippen molar-refractivity contribution in [2.24, 2.45) is 5.73 Å². The SMILES string of the molecule is Cc1c(C=C(CN)B2OC(C)(C)C(C)(C)O2)ccc2cccnc12. The van der Waals surface area contributed by atoms with E-state index in [-0.39, 0.29) is 11.2 Å². The van der Waals surface area contributed by atoms with Crippen LogP contribution in [0.25, 0.3) is 17.0 Å². The van der Waals surface area contributed by atoms with Crippen molar-refractivity contribution in [3.8, 4) is 0 Å². The Hall–Kier alpha value is -1.69. The first-order chi connectivity index (χ1) is 11.2. The van der Waals surface area contributed by atoms with Crippen molar-refractivity contribution in [3.05, 3.63) is 47.1 Å². The molecule has 4 nitrogen and oxygen atoms in total. The maximum atomic E-state index is 6.13. The topological polar surface area (TPSA) is 57.4 Å². The van der Waals surface area contributed by atoms with Crippen LogP contribution in [0.1, 0.15) is 38.8 Å². The lowest BCUT2D eigenvalue weighted by molar-refractivity contribution is 0.00578. The Morgan fingerprint density at radius 1 is 1.17 bits per heavy atom. The molecule has 1 fully saturated rings. The summed E-state index contributed by atoms with van der Waals surface area (Å²) in [6.07, 6.45) is 3.90. The van der Waals surface area contributed by atoms with Crippen LogP contribution in [0.4, 0.5) is 0 Å². The van der Waals surface area contributed by atoms with Gasteiger partial charge in [-0.2, -0.15) is 0 Å². The van der Waals surface area contributed by atoms with E-state index in [9.17, 15) is 0 Å². The van der Waals surface area contributed by atoms with Gasteiger partial charge >= 0.3 is 7.12 Å². The first kappa shape index (κ1) is 17.1. The summed E-state index contributed by atoms with van der Waals surface area (Å²) >= 11 is 0. The molecule has 0 atom stereocenters. The van der Waals surface area contributed by atoms with Crippen LogP contribution in [0.5, 0.6) is 0 Å². The molecule has 0 unspecified atom stereocenters. The molecule has 5 heteroatoms. The number of hydrogen-bond acceptors (Lipinski definition) is 4. The number of pyridine rings is 1. The largest absolute Gasteiger partial charge is 0.491 e. The van der Waals surface area contributed by atoms with Gasteiger partial charge in [-0.1, -0.05) is 24.3 Å². The Kier molecular flexibility index (Phi) is 4.28. The van der Waals surface area contributed by atoms with Crippen molar-refractivity contribution in [2.45, 2.75) is 45.8 Å². The minimum atomic E-state index is -0.418. The van der Waals surface area contributed by atoms with E-state index < -0.39 is 7.12 Å². The normalized spacial score (nSPS) is 19.9. The second-order valence-corrected chi connectivity index (χ2v) is 7.37. The number of aromatic nitrogens is 1. The van der Waals surface area contributed by atoms with Crippen LogP contribution in [0, 0.1) is 6.92 Å². The summed E-state index contributed by atoms with van der Waals surface area (Å²) in [5.74, 6) is 0. The van der Waals surface area contributed by atoms with Crippen molar-refractivity contribution in [3.63, 3.8) is 0 Å². The average Bonchev–Trinajstić information content (AvgIpc) is 2.75. The number of aryl methyl sites for hydroxylation is 1. The summed E-state index contributed by atoms with van der Waals surface area (Å²) in [6.45, 7) is 10.7. The number of benzene rings is 1. The van der Waals surface area contributed by atoms with E-state index in [1.165, 1.54) is 0 Å². The number of hydrogen-bond donors (Lipinski definition) is 1. The van der Waals surface area contributed by atoms with Crippen LogP contribution in [-0.2, 0) is 9.31 Å². The summed E-state index contributed by atoms with van der Waals surface area (Å²) in [6, 6.07) is 8.20. The molecule has 0 amide bonds. The molecule has 0 bridgehead atoms. The maximum Gasteiger partial charge on any atom is 0.491 e. The fourth-order valence-corrected chi connectivity index (χ4v) is 2.88. The fourth-order valence-electron chi connectivity index (χ4n) is 2.88.